The number of nitrogens with one attached hydrogen (secondary N) is 2. The van der Waals surface area contributed by atoms with Gasteiger partial charge in [0.2, 0.25) is 5.91 Å². The van der Waals surface area contributed by atoms with E-state index >= 15 is 0 Å². The van der Waals surface area contributed by atoms with Crippen LogP contribution in [0.15, 0.2) is 37.1 Å². The average Bonchev–Trinajstić information content (AvgIpc) is 2.89. The molecule has 1 aromatic carbocycles. The summed E-state index contributed by atoms with van der Waals surface area (Å²) < 4.78 is 7.29. The van der Waals surface area contributed by atoms with E-state index in [1.54, 1.807) is 7.11 Å². The fourth-order valence-electron chi connectivity index (χ4n) is 4.05. The summed E-state index contributed by atoms with van der Waals surface area (Å²) in [5, 5.41) is 7.93. The van der Waals surface area contributed by atoms with Crippen molar-refractivity contribution < 1.29 is 9.53 Å². The molecule has 1 aromatic heterocycles. The molecule has 5 heteroatoms. The van der Waals surface area contributed by atoms with Crippen LogP contribution in [0.25, 0.3) is 10.9 Å². The lowest BCUT2D eigenvalue weighted by Crippen LogP contribution is -2.47. The Kier molecular flexibility index (Phi) is 6.34. The number of ether oxygens (including phenoxy) is 1. The highest BCUT2D eigenvalue weighted by molar-refractivity contribution is 5.90. The molecular weight excluding hydrogens is 338 g/mol. The van der Waals surface area contributed by atoms with Crippen molar-refractivity contribution in [1.29, 1.82) is 0 Å². The Bertz CT molecular complexity index is 809. The number of methoxy groups -OCH3 is 1. The van der Waals surface area contributed by atoms with Crippen LogP contribution < -0.4 is 10.6 Å². The van der Waals surface area contributed by atoms with Crippen molar-refractivity contribution in [2.45, 2.75) is 45.3 Å². The van der Waals surface area contributed by atoms with Crippen LogP contribution in [0.1, 0.15) is 37.4 Å². The average molecular weight is 370 g/mol. The van der Waals surface area contributed by atoms with Gasteiger partial charge in [-0.1, -0.05) is 32.1 Å². The molecule has 0 fully saturated rings. The van der Waals surface area contributed by atoms with Crippen molar-refractivity contribution in [3.8, 4) is 0 Å². The Balaban J connectivity index is 2.00. The lowest BCUT2D eigenvalue weighted by molar-refractivity contribution is -0.123. The zero-order valence-corrected chi connectivity index (χ0v) is 16.6. The fraction of sp³-hybridized carbons (Fsp3) is 0.500. The van der Waals surface area contributed by atoms with E-state index in [0.29, 0.717) is 25.5 Å². The summed E-state index contributed by atoms with van der Waals surface area (Å²) >= 11 is 0. The SMILES string of the molecule is C=CCn1cc2c3c(cccc31)C(CC(C)C)NC(C(=O)NCCOC)C2. The highest BCUT2D eigenvalue weighted by Gasteiger charge is 2.30. The van der Waals surface area contributed by atoms with Gasteiger partial charge >= 0.3 is 0 Å². The smallest absolute Gasteiger partial charge is 0.237 e. The lowest BCUT2D eigenvalue weighted by Gasteiger charge is -2.25. The third kappa shape index (κ3) is 4.25. The Morgan fingerprint density at radius 1 is 1.48 bits per heavy atom. The fourth-order valence-corrected chi connectivity index (χ4v) is 4.05. The largest absolute Gasteiger partial charge is 0.383 e. The number of amides is 1. The number of nitrogens with zero attached hydrogens (tertiary/aromatic N) is 1. The van der Waals surface area contributed by atoms with Gasteiger partial charge in [-0.15, -0.1) is 6.58 Å². The molecule has 2 unspecified atom stereocenters. The molecule has 27 heavy (non-hydrogen) atoms. The highest BCUT2D eigenvalue weighted by atomic mass is 16.5. The van der Waals surface area contributed by atoms with Crippen LogP contribution in [0.5, 0.6) is 0 Å². The van der Waals surface area contributed by atoms with Crippen LogP contribution in [-0.4, -0.2) is 36.8 Å². The Morgan fingerprint density at radius 2 is 2.30 bits per heavy atom. The van der Waals surface area contributed by atoms with Crippen LogP contribution in [0.4, 0.5) is 0 Å². The maximum absolute atomic E-state index is 12.8. The molecule has 0 radical (unpaired) electrons. The van der Waals surface area contributed by atoms with Crippen molar-refractivity contribution in [2.75, 3.05) is 20.3 Å². The molecule has 3 rings (SSSR count). The number of allylic oxidation sites excluding steroid dienone is 1. The van der Waals surface area contributed by atoms with Gasteiger partial charge in [0.25, 0.3) is 0 Å². The zero-order chi connectivity index (χ0) is 19.4. The summed E-state index contributed by atoms with van der Waals surface area (Å²) in [6.07, 6.45) is 5.78. The minimum atomic E-state index is -0.249. The molecule has 0 spiro atoms. The minimum absolute atomic E-state index is 0.0400. The van der Waals surface area contributed by atoms with Gasteiger partial charge in [0.1, 0.15) is 0 Å². The molecule has 1 amide bonds. The first-order chi connectivity index (χ1) is 13.0. The molecule has 0 saturated heterocycles. The van der Waals surface area contributed by atoms with E-state index < -0.39 is 0 Å². The van der Waals surface area contributed by atoms with Crippen molar-refractivity contribution in [3.05, 3.63) is 48.2 Å². The molecule has 1 aliphatic rings. The first-order valence-electron chi connectivity index (χ1n) is 9.79. The number of hydrogen-bond acceptors (Lipinski definition) is 3. The zero-order valence-electron chi connectivity index (χ0n) is 16.6. The second kappa shape index (κ2) is 8.72. The van der Waals surface area contributed by atoms with Gasteiger partial charge in [-0.3, -0.25) is 10.1 Å². The summed E-state index contributed by atoms with van der Waals surface area (Å²) in [5.74, 6) is 0.574. The molecule has 2 aromatic rings. The number of benzene rings is 1. The molecular formula is C22H31N3O2. The molecule has 2 heterocycles. The van der Waals surface area contributed by atoms with Crippen LogP contribution >= 0.6 is 0 Å². The molecule has 0 bridgehead atoms. The van der Waals surface area contributed by atoms with Gasteiger partial charge in [0.15, 0.2) is 0 Å². The first-order valence-corrected chi connectivity index (χ1v) is 9.79. The van der Waals surface area contributed by atoms with Gasteiger partial charge in [0, 0.05) is 43.3 Å². The van der Waals surface area contributed by atoms with Gasteiger partial charge < -0.3 is 14.6 Å². The van der Waals surface area contributed by atoms with E-state index in [1.807, 2.05) is 6.08 Å². The number of rotatable bonds is 8. The van der Waals surface area contributed by atoms with Crippen LogP contribution in [-0.2, 0) is 22.5 Å². The van der Waals surface area contributed by atoms with Gasteiger partial charge in [-0.05, 0) is 36.0 Å². The van der Waals surface area contributed by atoms with Crippen molar-refractivity contribution >= 4 is 16.8 Å². The van der Waals surface area contributed by atoms with E-state index in [-0.39, 0.29) is 18.0 Å². The molecule has 0 saturated carbocycles. The number of hydrogen-bond donors (Lipinski definition) is 2. The summed E-state index contributed by atoms with van der Waals surface area (Å²) in [6, 6.07) is 6.40. The van der Waals surface area contributed by atoms with Crippen LogP contribution in [0, 0.1) is 5.92 Å². The second-order valence-electron chi connectivity index (χ2n) is 7.73. The van der Waals surface area contributed by atoms with E-state index in [9.17, 15) is 4.79 Å². The van der Waals surface area contributed by atoms with Gasteiger partial charge in [-0.25, -0.2) is 0 Å². The number of carbonyl (C=O) groups is 1. The van der Waals surface area contributed by atoms with E-state index in [4.69, 9.17) is 4.74 Å². The topological polar surface area (TPSA) is 55.3 Å². The van der Waals surface area contributed by atoms with Crippen molar-refractivity contribution in [1.82, 2.24) is 15.2 Å². The third-order valence-corrected chi connectivity index (χ3v) is 5.17. The highest BCUT2D eigenvalue weighted by Crippen LogP contribution is 2.35. The first kappa shape index (κ1) is 19.6. The molecule has 0 aliphatic carbocycles. The second-order valence-corrected chi connectivity index (χ2v) is 7.73. The third-order valence-electron chi connectivity index (χ3n) is 5.17. The molecule has 2 atom stereocenters. The van der Waals surface area contributed by atoms with Gasteiger partial charge in [-0.2, -0.15) is 0 Å². The predicted molar refractivity (Wildman–Crippen MR) is 110 cm³/mol. The van der Waals surface area contributed by atoms with Crippen LogP contribution in [0.2, 0.25) is 0 Å². The Morgan fingerprint density at radius 3 is 3.00 bits per heavy atom. The van der Waals surface area contributed by atoms with Gasteiger partial charge in [0.05, 0.1) is 12.6 Å². The summed E-state index contributed by atoms with van der Waals surface area (Å²) in [6.45, 7) is 10.2. The van der Waals surface area contributed by atoms with E-state index in [1.165, 1.54) is 22.0 Å². The maximum Gasteiger partial charge on any atom is 0.237 e. The molecule has 1 aliphatic heterocycles. The monoisotopic (exact) mass is 369 g/mol. The van der Waals surface area contributed by atoms with Crippen molar-refractivity contribution in [3.63, 3.8) is 0 Å². The standard InChI is InChI=1S/C22H31N3O2/c1-5-10-25-14-16-13-19(22(26)23-9-11-27-4)24-18(12-15(2)3)17-7-6-8-20(25)21(16)17/h5-8,14-15,18-19,24H,1,9-13H2,2-4H3,(H,23,26). The Hall–Kier alpha value is -2.11. The summed E-state index contributed by atoms with van der Waals surface area (Å²) in [7, 11) is 1.64. The van der Waals surface area contributed by atoms with E-state index in [2.05, 4.69) is 60.0 Å². The maximum atomic E-state index is 12.8. The number of carbonyl (C=O) groups excluding carboxylic acids is 1. The lowest BCUT2D eigenvalue weighted by atomic mass is 9.94. The van der Waals surface area contributed by atoms with Crippen LogP contribution in [0.3, 0.4) is 0 Å². The summed E-state index contributed by atoms with van der Waals surface area (Å²) in [4.78, 5) is 12.8. The van der Waals surface area contributed by atoms with E-state index in [0.717, 1.165) is 13.0 Å². The normalized spacial score (nSPS) is 19.3. The Labute approximate surface area is 161 Å². The molecule has 2 N–H and O–H groups in total. The minimum Gasteiger partial charge on any atom is -0.383 e. The quantitative estimate of drug-likeness (QED) is 0.555. The molecule has 5 nitrogen and oxygen atoms in total. The predicted octanol–water partition coefficient (Wildman–Crippen LogP) is 3.19. The molecule has 146 valence electrons. The summed E-state index contributed by atoms with van der Waals surface area (Å²) in [5.41, 5.74) is 3.75. The van der Waals surface area contributed by atoms with Crippen molar-refractivity contribution in [2.24, 2.45) is 5.92 Å². The number of aromatic nitrogens is 1.